The third-order valence-electron chi connectivity index (χ3n) is 3.74. The van der Waals surface area contributed by atoms with Crippen molar-refractivity contribution >= 4 is 11.3 Å². The van der Waals surface area contributed by atoms with Gasteiger partial charge in [0.15, 0.2) is 0 Å². The van der Waals surface area contributed by atoms with Gasteiger partial charge in [0.25, 0.3) is 0 Å². The van der Waals surface area contributed by atoms with Crippen LogP contribution in [0, 0.1) is 0 Å². The molecule has 1 aliphatic heterocycles. The summed E-state index contributed by atoms with van der Waals surface area (Å²) in [5.74, 6) is 0. The van der Waals surface area contributed by atoms with Gasteiger partial charge < -0.3 is 5.73 Å². The third-order valence-corrected chi connectivity index (χ3v) is 5.05. The van der Waals surface area contributed by atoms with Crippen LogP contribution < -0.4 is 5.73 Å². The van der Waals surface area contributed by atoms with Crippen molar-refractivity contribution in [1.82, 2.24) is 9.88 Å². The Hall–Kier alpha value is -0.450. The van der Waals surface area contributed by atoms with E-state index in [9.17, 15) is 0 Å². The molecule has 1 fully saturated rings. The average molecular weight is 253 g/mol. The van der Waals surface area contributed by atoms with Crippen LogP contribution in [0.2, 0.25) is 0 Å². The SMILES string of the molecule is CCc1cnc(C(C)N2CCC(N)CC2C)s1. The number of nitrogens with two attached hydrogens (primary N) is 1. The number of rotatable bonds is 3. The van der Waals surface area contributed by atoms with Gasteiger partial charge >= 0.3 is 0 Å². The lowest BCUT2D eigenvalue weighted by atomic mass is 9.97. The van der Waals surface area contributed by atoms with Crippen molar-refractivity contribution in [1.29, 1.82) is 0 Å². The molecule has 0 aromatic carbocycles. The molecule has 2 heterocycles. The zero-order valence-electron chi connectivity index (χ0n) is 11.0. The number of hydrogen-bond donors (Lipinski definition) is 1. The van der Waals surface area contributed by atoms with Gasteiger partial charge in [-0.3, -0.25) is 4.90 Å². The molecule has 0 spiro atoms. The van der Waals surface area contributed by atoms with Crippen LogP contribution in [0.15, 0.2) is 6.20 Å². The zero-order valence-corrected chi connectivity index (χ0v) is 11.8. The minimum Gasteiger partial charge on any atom is -0.328 e. The molecule has 1 aromatic rings. The molecule has 2 N–H and O–H groups in total. The first-order valence-corrected chi connectivity index (χ1v) is 7.39. The highest BCUT2D eigenvalue weighted by Gasteiger charge is 2.28. The van der Waals surface area contributed by atoms with Gasteiger partial charge in [-0.2, -0.15) is 0 Å². The van der Waals surface area contributed by atoms with Crippen molar-refractivity contribution in [2.75, 3.05) is 6.54 Å². The molecular weight excluding hydrogens is 230 g/mol. The fourth-order valence-electron chi connectivity index (χ4n) is 2.62. The van der Waals surface area contributed by atoms with Crippen LogP contribution in [-0.4, -0.2) is 28.5 Å². The van der Waals surface area contributed by atoms with Crippen molar-refractivity contribution in [2.45, 2.75) is 58.2 Å². The molecule has 3 unspecified atom stereocenters. The van der Waals surface area contributed by atoms with E-state index in [0.29, 0.717) is 18.1 Å². The maximum Gasteiger partial charge on any atom is 0.110 e. The van der Waals surface area contributed by atoms with E-state index in [-0.39, 0.29) is 0 Å². The smallest absolute Gasteiger partial charge is 0.110 e. The van der Waals surface area contributed by atoms with Crippen LogP contribution in [0.5, 0.6) is 0 Å². The molecule has 0 amide bonds. The largest absolute Gasteiger partial charge is 0.328 e. The fourth-order valence-corrected chi connectivity index (χ4v) is 3.55. The van der Waals surface area contributed by atoms with Crippen molar-refractivity contribution in [3.63, 3.8) is 0 Å². The molecule has 0 bridgehead atoms. The molecule has 0 saturated carbocycles. The summed E-state index contributed by atoms with van der Waals surface area (Å²) in [6.07, 6.45) is 5.33. The van der Waals surface area contributed by atoms with E-state index in [1.165, 1.54) is 9.88 Å². The number of aryl methyl sites for hydroxylation is 1. The van der Waals surface area contributed by atoms with E-state index in [0.717, 1.165) is 25.8 Å². The van der Waals surface area contributed by atoms with Gasteiger partial charge in [-0.1, -0.05) is 6.92 Å². The zero-order chi connectivity index (χ0) is 12.4. The number of hydrogen-bond acceptors (Lipinski definition) is 4. The molecule has 1 saturated heterocycles. The highest BCUT2D eigenvalue weighted by atomic mass is 32.1. The summed E-state index contributed by atoms with van der Waals surface area (Å²) in [6.45, 7) is 7.84. The summed E-state index contributed by atoms with van der Waals surface area (Å²) in [7, 11) is 0. The monoisotopic (exact) mass is 253 g/mol. The Morgan fingerprint density at radius 2 is 2.41 bits per heavy atom. The highest BCUT2D eigenvalue weighted by molar-refractivity contribution is 7.11. The van der Waals surface area contributed by atoms with E-state index in [4.69, 9.17) is 5.73 Å². The molecule has 1 aliphatic rings. The van der Waals surface area contributed by atoms with Gasteiger partial charge in [0.05, 0.1) is 6.04 Å². The molecule has 3 atom stereocenters. The summed E-state index contributed by atoms with van der Waals surface area (Å²) in [5, 5.41) is 1.25. The number of aromatic nitrogens is 1. The lowest BCUT2D eigenvalue weighted by Crippen LogP contribution is -2.46. The second-order valence-corrected chi connectivity index (χ2v) is 6.21. The Kier molecular flexibility index (Phi) is 4.17. The number of piperidine rings is 1. The molecule has 4 heteroatoms. The minimum absolute atomic E-state index is 0.385. The second kappa shape index (κ2) is 5.46. The maximum atomic E-state index is 6.01. The van der Waals surface area contributed by atoms with Crippen LogP contribution in [-0.2, 0) is 6.42 Å². The molecular formula is C13H23N3S. The quantitative estimate of drug-likeness (QED) is 0.900. The Morgan fingerprint density at radius 3 is 3.00 bits per heavy atom. The average Bonchev–Trinajstić information content (AvgIpc) is 2.76. The topological polar surface area (TPSA) is 42.2 Å². The van der Waals surface area contributed by atoms with E-state index >= 15 is 0 Å². The van der Waals surface area contributed by atoms with Crippen molar-refractivity contribution < 1.29 is 0 Å². The Balaban J connectivity index is 2.06. The second-order valence-electron chi connectivity index (χ2n) is 5.07. The van der Waals surface area contributed by atoms with Gasteiger partial charge in [-0.25, -0.2) is 4.98 Å². The number of thiazole rings is 1. The Morgan fingerprint density at radius 1 is 1.65 bits per heavy atom. The van der Waals surface area contributed by atoms with Gasteiger partial charge in [-0.15, -0.1) is 11.3 Å². The van der Waals surface area contributed by atoms with Gasteiger partial charge in [0.1, 0.15) is 5.01 Å². The maximum absolute atomic E-state index is 6.01. The lowest BCUT2D eigenvalue weighted by Gasteiger charge is -2.39. The lowest BCUT2D eigenvalue weighted by molar-refractivity contribution is 0.104. The normalized spacial score (nSPS) is 28.2. The number of nitrogens with zero attached hydrogens (tertiary/aromatic N) is 2. The number of likely N-dealkylation sites (tertiary alicyclic amines) is 1. The first-order chi connectivity index (χ1) is 8.11. The van der Waals surface area contributed by atoms with Crippen molar-refractivity contribution in [2.24, 2.45) is 5.73 Å². The molecule has 1 aromatic heterocycles. The van der Waals surface area contributed by atoms with E-state index in [2.05, 4.69) is 30.7 Å². The Labute approximate surface area is 108 Å². The minimum atomic E-state index is 0.385. The summed E-state index contributed by atoms with van der Waals surface area (Å²) < 4.78 is 0. The van der Waals surface area contributed by atoms with E-state index in [1.807, 2.05) is 17.5 Å². The van der Waals surface area contributed by atoms with E-state index < -0.39 is 0 Å². The molecule has 96 valence electrons. The highest BCUT2D eigenvalue weighted by Crippen LogP contribution is 2.30. The van der Waals surface area contributed by atoms with Crippen LogP contribution >= 0.6 is 11.3 Å². The molecule has 3 nitrogen and oxygen atoms in total. The predicted octanol–water partition coefficient (Wildman–Crippen LogP) is 2.58. The summed E-state index contributed by atoms with van der Waals surface area (Å²) in [5.41, 5.74) is 6.01. The summed E-state index contributed by atoms with van der Waals surface area (Å²) in [6, 6.07) is 1.39. The first kappa shape index (κ1) is 13.0. The van der Waals surface area contributed by atoms with Crippen molar-refractivity contribution in [3.8, 4) is 0 Å². The predicted molar refractivity (Wildman–Crippen MR) is 73.3 cm³/mol. The van der Waals surface area contributed by atoms with Crippen LogP contribution in [0.4, 0.5) is 0 Å². The fraction of sp³-hybridized carbons (Fsp3) is 0.769. The van der Waals surface area contributed by atoms with Gasteiger partial charge in [0, 0.05) is 29.7 Å². The standard InChI is InChI=1S/C13H23N3S/c1-4-12-8-15-13(17-12)10(3)16-6-5-11(14)7-9(16)2/h8-11H,4-7,14H2,1-3H3. The molecule has 0 aliphatic carbocycles. The van der Waals surface area contributed by atoms with Crippen LogP contribution in [0.1, 0.15) is 49.5 Å². The Bertz CT molecular complexity index is 363. The third kappa shape index (κ3) is 2.87. The first-order valence-electron chi connectivity index (χ1n) is 6.57. The van der Waals surface area contributed by atoms with Gasteiger partial charge in [-0.05, 0) is 33.1 Å². The summed E-state index contributed by atoms with van der Waals surface area (Å²) >= 11 is 1.85. The molecule has 2 rings (SSSR count). The molecule has 0 radical (unpaired) electrons. The van der Waals surface area contributed by atoms with Gasteiger partial charge in [0.2, 0.25) is 0 Å². The van der Waals surface area contributed by atoms with Crippen LogP contribution in [0.3, 0.4) is 0 Å². The molecule has 17 heavy (non-hydrogen) atoms. The van der Waals surface area contributed by atoms with Crippen molar-refractivity contribution in [3.05, 3.63) is 16.1 Å². The van der Waals surface area contributed by atoms with E-state index in [1.54, 1.807) is 0 Å². The summed E-state index contributed by atoms with van der Waals surface area (Å²) in [4.78, 5) is 8.49. The van der Waals surface area contributed by atoms with Crippen LogP contribution in [0.25, 0.3) is 0 Å².